The second-order valence-electron chi connectivity index (χ2n) is 5.36. The Hall–Kier alpha value is -2.28. The molecule has 0 saturated carbocycles. The van der Waals surface area contributed by atoms with Crippen LogP contribution in [0.1, 0.15) is 11.4 Å². The standard InChI is InChI=1S/C16H18N4O2S/c21-12-19-7-9-20(10-8-19)16(22)5-4-15-18-14(11-23-15)13-3-1-2-6-17-13/h1-3,6,11-12H,4-5,7-10H2. The van der Waals surface area contributed by atoms with Crippen LogP contribution in [-0.2, 0) is 16.0 Å². The van der Waals surface area contributed by atoms with Crippen molar-refractivity contribution in [3.63, 3.8) is 0 Å². The molecule has 0 spiro atoms. The zero-order chi connectivity index (χ0) is 16.1. The van der Waals surface area contributed by atoms with Crippen molar-refractivity contribution >= 4 is 23.7 Å². The minimum Gasteiger partial charge on any atom is -0.342 e. The van der Waals surface area contributed by atoms with Crippen LogP contribution in [0.3, 0.4) is 0 Å². The normalized spacial score (nSPS) is 14.8. The summed E-state index contributed by atoms with van der Waals surface area (Å²) in [5, 5.41) is 2.93. The van der Waals surface area contributed by atoms with Gasteiger partial charge in [0.2, 0.25) is 12.3 Å². The van der Waals surface area contributed by atoms with Gasteiger partial charge >= 0.3 is 0 Å². The Kier molecular flexibility index (Phi) is 4.97. The van der Waals surface area contributed by atoms with Crippen molar-refractivity contribution in [1.29, 1.82) is 0 Å². The minimum absolute atomic E-state index is 0.130. The van der Waals surface area contributed by atoms with E-state index in [0.29, 0.717) is 39.0 Å². The van der Waals surface area contributed by atoms with E-state index in [2.05, 4.69) is 9.97 Å². The number of hydrogen-bond acceptors (Lipinski definition) is 5. The first kappa shape index (κ1) is 15.6. The van der Waals surface area contributed by atoms with Crippen molar-refractivity contribution in [2.24, 2.45) is 0 Å². The minimum atomic E-state index is 0.130. The molecule has 120 valence electrons. The fourth-order valence-corrected chi connectivity index (χ4v) is 3.30. The van der Waals surface area contributed by atoms with Crippen LogP contribution >= 0.6 is 11.3 Å². The molecule has 2 aromatic rings. The highest BCUT2D eigenvalue weighted by Crippen LogP contribution is 2.20. The van der Waals surface area contributed by atoms with Crippen LogP contribution < -0.4 is 0 Å². The summed E-state index contributed by atoms with van der Waals surface area (Å²) in [6, 6.07) is 5.74. The van der Waals surface area contributed by atoms with Crippen LogP contribution in [0.2, 0.25) is 0 Å². The van der Waals surface area contributed by atoms with E-state index in [4.69, 9.17) is 0 Å². The molecule has 1 fully saturated rings. The topological polar surface area (TPSA) is 66.4 Å². The summed E-state index contributed by atoms with van der Waals surface area (Å²) in [4.78, 5) is 35.3. The molecule has 1 aliphatic heterocycles. The predicted molar refractivity (Wildman–Crippen MR) is 87.9 cm³/mol. The lowest BCUT2D eigenvalue weighted by Crippen LogP contribution is -2.48. The van der Waals surface area contributed by atoms with E-state index in [9.17, 15) is 9.59 Å². The van der Waals surface area contributed by atoms with Crippen LogP contribution in [0.15, 0.2) is 29.8 Å². The molecule has 3 rings (SSSR count). The number of aromatic nitrogens is 2. The summed E-state index contributed by atoms with van der Waals surface area (Å²) in [6.07, 6.45) is 3.69. The number of pyridine rings is 1. The van der Waals surface area contributed by atoms with Crippen LogP contribution in [0.5, 0.6) is 0 Å². The zero-order valence-corrected chi connectivity index (χ0v) is 13.5. The summed E-state index contributed by atoms with van der Waals surface area (Å²) < 4.78 is 0. The summed E-state index contributed by atoms with van der Waals surface area (Å²) in [5.41, 5.74) is 1.71. The number of aryl methyl sites for hydroxylation is 1. The van der Waals surface area contributed by atoms with Gasteiger partial charge in [-0.1, -0.05) is 6.07 Å². The number of carbonyl (C=O) groups excluding carboxylic acids is 2. The Balaban J connectivity index is 1.52. The van der Waals surface area contributed by atoms with Crippen molar-refractivity contribution < 1.29 is 9.59 Å². The summed E-state index contributed by atoms with van der Waals surface area (Å²) in [6.45, 7) is 2.48. The van der Waals surface area contributed by atoms with E-state index < -0.39 is 0 Å². The maximum absolute atomic E-state index is 12.2. The number of carbonyl (C=O) groups is 2. The lowest BCUT2D eigenvalue weighted by atomic mass is 10.2. The second kappa shape index (κ2) is 7.32. The first-order chi connectivity index (χ1) is 11.3. The molecule has 2 aromatic heterocycles. The SMILES string of the molecule is O=CN1CCN(C(=O)CCc2nc(-c3ccccn3)cs2)CC1. The largest absolute Gasteiger partial charge is 0.342 e. The van der Waals surface area contributed by atoms with Crippen LogP contribution in [0.4, 0.5) is 0 Å². The lowest BCUT2D eigenvalue weighted by Gasteiger charge is -2.32. The first-order valence-corrected chi connectivity index (χ1v) is 8.47. The van der Waals surface area contributed by atoms with Gasteiger partial charge in [-0.3, -0.25) is 14.6 Å². The number of nitrogens with zero attached hydrogens (tertiary/aromatic N) is 4. The third-order valence-electron chi connectivity index (χ3n) is 3.85. The van der Waals surface area contributed by atoms with Gasteiger partial charge in [0.15, 0.2) is 0 Å². The molecule has 0 radical (unpaired) electrons. The monoisotopic (exact) mass is 330 g/mol. The van der Waals surface area contributed by atoms with Crippen molar-refractivity contribution in [3.8, 4) is 11.4 Å². The Labute approximate surface area is 138 Å². The Morgan fingerprint density at radius 2 is 2.04 bits per heavy atom. The quantitative estimate of drug-likeness (QED) is 0.778. The molecular weight excluding hydrogens is 312 g/mol. The van der Waals surface area contributed by atoms with Gasteiger partial charge in [-0.15, -0.1) is 11.3 Å². The number of piperazine rings is 1. The number of rotatable bonds is 5. The molecule has 3 heterocycles. The van der Waals surface area contributed by atoms with Crippen LogP contribution in [0, 0.1) is 0 Å². The van der Waals surface area contributed by atoms with E-state index in [1.807, 2.05) is 28.5 Å². The van der Waals surface area contributed by atoms with Gasteiger partial charge in [-0.25, -0.2) is 4.98 Å². The third kappa shape index (κ3) is 3.92. The van der Waals surface area contributed by atoms with E-state index in [1.165, 1.54) is 0 Å². The zero-order valence-electron chi connectivity index (χ0n) is 12.7. The van der Waals surface area contributed by atoms with Crippen molar-refractivity contribution in [2.75, 3.05) is 26.2 Å². The highest BCUT2D eigenvalue weighted by Gasteiger charge is 2.20. The lowest BCUT2D eigenvalue weighted by molar-refractivity contribution is -0.135. The molecule has 0 bridgehead atoms. The molecule has 2 amide bonds. The van der Waals surface area contributed by atoms with Gasteiger partial charge in [0, 0.05) is 50.6 Å². The molecule has 1 saturated heterocycles. The van der Waals surface area contributed by atoms with Gasteiger partial charge in [-0.2, -0.15) is 0 Å². The number of hydrogen-bond donors (Lipinski definition) is 0. The smallest absolute Gasteiger partial charge is 0.223 e. The molecule has 0 atom stereocenters. The van der Waals surface area contributed by atoms with Gasteiger partial charge < -0.3 is 9.80 Å². The summed E-state index contributed by atoms with van der Waals surface area (Å²) in [5.74, 6) is 0.130. The Bertz CT molecular complexity index is 666. The molecule has 6 nitrogen and oxygen atoms in total. The average Bonchev–Trinajstić information content (AvgIpc) is 3.09. The Morgan fingerprint density at radius 1 is 1.22 bits per heavy atom. The predicted octanol–water partition coefficient (Wildman–Crippen LogP) is 1.44. The summed E-state index contributed by atoms with van der Waals surface area (Å²) >= 11 is 1.56. The average molecular weight is 330 g/mol. The fourth-order valence-electron chi connectivity index (χ4n) is 2.51. The number of amides is 2. The van der Waals surface area contributed by atoms with E-state index in [0.717, 1.165) is 22.8 Å². The highest BCUT2D eigenvalue weighted by molar-refractivity contribution is 7.09. The third-order valence-corrected chi connectivity index (χ3v) is 4.76. The molecule has 0 N–H and O–H groups in total. The molecule has 0 unspecified atom stereocenters. The molecule has 0 aliphatic carbocycles. The molecule has 0 aromatic carbocycles. The van der Waals surface area contributed by atoms with E-state index >= 15 is 0 Å². The Morgan fingerprint density at radius 3 is 2.74 bits per heavy atom. The van der Waals surface area contributed by atoms with Crippen molar-refractivity contribution in [2.45, 2.75) is 12.8 Å². The van der Waals surface area contributed by atoms with E-state index in [-0.39, 0.29) is 5.91 Å². The highest BCUT2D eigenvalue weighted by atomic mass is 32.1. The van der Waals surface area contributed by atoms with Crippen LogP contribution in [-0.4, -0.2) is 58.3 Å². The first-order valence-electron chi connectivity index (χ1n) is 7.59. The molecular formula is C16H18N4O2S. The molecule has 1 aliphatic rings. The van der Waals surface area contributed by atoms with Gasteiger partial charge in [0.1, 0.15) is 0 Å². The van der Waals surface area contributed by atoms with Crippen molar-refractivity contribution in [1.82, 2.24) is 19.8 Å². The number of thiazole rings is 1. The maximum Gasteiger partial charge on any atom is 0.223 e. The van der Waals surface area contributed by atoms with Gasteiger partial charge in [0.05, 0.1) is 16.4 Å². The van der Waals surface area contributed by atoms with Crippen molar-refractivity contribution in [3.05, 3.63) is 34.8 Å². The molecule has 7 heteroatoms. The summed E-state index contributed by atoms with van der Waals surface area (Å²) in [7, 11) is 0. The van der Waals surface area contributed by atoms with Gasteiger partial charge in [-0.05, 0) is 12.1 Å². The second-order valence-corrected chi connectivity index (χ2v) is 6.31. The molecule has 23 heavy (non-hydrogen) atoms. The van der Waals surface area contributed by atoms with E-state index in [1.54, 1.807) is 22.4 Å². The fraction of sp³-hybridized carbons (Fsp3) is 0.375. The maximum atomic E-state index is 12.2. The van der Waals surface area contributed by atoms with Crippen LogP contribution in [0.25, 0.3) is 11.4 Å². The van der Waals surface area contributed by atoms with Gasteiger partial charge in [0.25, 0.3) is 0 Å².